The van der Waals surface area contributed by atoms with Crippen molar-refractivity contribution < 1.29 is 14.7 Å². The third kappa shape index (κ3) is 6.05. The molecule has 0 aliphatic carbocycles. The molecule has 2 aromatic carbocycles. The fourth-order valence-electron chi connectivity index (χ4n) is 5.57. The first-order chi connectivity index (χ1) is 18.9. The third-order valence-electron chi connectivity index (χ3n) is 8.06. The smallest absolute Gasteiger partial charge is 0.254 e. The van der Waals surface area contributed by atoms with E-state index in [1.165, 1.54) is 0 Å². The van der Waals surface area contributed by atoms with Crippen LogP contribution >= 0.6 is 0 Å². The van der Waals surface area contributed by atoms with Gasteiger partial charge in [0.15, 0.2) is 0 Å². The van der Waals surface area contributed by atoms with Crippen LogP contribution in [-0.4, -0.2) is 88.5 Å². The minimum Gasteiger partial charge on any atom is -0.395 e. The lowest BCUT2D eigenvalue weighted by Crippen LogP contribution is -2.55. The van der Waals surface area contributed by atoms with Gasteiger partial charge in [-0.05, 0) is 38.8 Å². The molecule has 0 unspecified atom stereocenters. The van der Waals surface area contributed by atoms with Gasteiger partial charge >= 0.3 is 0 Å². The summed E-state index contributed by atoms with van der Waals surface area (Å²) in [7, 11) is 0. The minimum atomic E-state index is -0.730. The maximum absolute atomic E-state index is 13.7. The molecule has 204 valence electrons. The Morgan fingerprint density at radius 2 is 1.31 bits per heavy atom. The Bertz CT molecular complexity index is 1220. The first-order valence-electron chi connectivity index (χ1n) is 13.9. The quantitative estimate of drug-likeness (QED) is 0.522. The van der Waals surface area contributed by atoms with Crippen LogP contribution in [-0.2, 0) is 4.79 Å². The van der Waals surface area contributed by atoms with Crippen molar-refractivity contribution in [1.82, 2.24) is 19.7 Å². The molecule has 3 aromatic rings. The topological polar surface area (TPSA) is 77.0 Å². The molecule has 39 heavy (non-hydrogen) atoms. The first kappa shape index (κ1) is 27.0. The molecular formula is C32H38N4O3. The number of rotatable bonds is 6. The summed E-state index contributed by atoms with van der Waals surface area (Å²) in [5, 5.41) is 9.56. The van der Waals surface area contributed by atoms with Crippen molar-refractivity contribution in [3.8, 4) is 22.5 Å². The van der Waals surface area contributed by atoms with Gasteiger partial charge in [0.2, 0.25) is 5.91 Å². The highest BCUT2D eigenvalue weighted by atomic mass is 16.3. The van der Waals surface area contributed by atoms with Crippen LogP contribution in [0.4, 0.5) is 0 Å². The zero-order chi connectivity index (χ0) is 27.4. The van der Waals surface area contributed by atoms with Gasteiger partial charge in [-0.15, -0.1) is 0 Å². The van der Waals surface area contributed by atoms with Gasteiger partial charge in [0.05, 0.1) is 23.4 Å². The van der Waals surface area contributed by atoms with Gasteiger partial charge < -0.3 is 14.9 Å². The number of aromatic nitrogens is 1. The Kier molecular flexibility index (Phi) is 8.10. The number of benzene rings is 2. The standard InChI is InChI=1S/C32H38N4O3/c1-32(2,23-37)31(39)36-15-13-27(14-16-36)34-17-19-35(20-18-34)30(38)26-21-28(24-9-5-3-6-10-24)33-29(22-26)25-11-7-4-8-12-25/h3-12,21-22,27,37H,13-20,23H2,1-2H3. The Morgan fingerprint density at radius 3 is 1.79 bits per heavy atom. The number of amides is 2. The number of hydrogen-bond acceptors (Lipinski definition) is 5. The molecule has 2 saturated heterocycles. The molecule has 3 heterocycles. The number of aliphatic hydroxyl groups is 1. The Morgan fingerprint density at radius 1 is 0.795 bits per heavy atom. The van der Waals surface area contributed by atoms with Crippen LogP contribution in [0.1, 0.15) is 37.0 Å². The summed E-state index contributed by atoms with van der Waals surface area (Å²) >= 11 is 0. The van der Waals surface area contributed by atoms with Crippen LogP contribution in [0, 0.1) is 5.41 Å². The van der Waals surface area contributed by atoms with Crippen molar-refractivity contribution in [3.63, 3.8) is 0 Å². The van der Waals surface area contributed by atoms with E-state index in [0.717, 1.165) is 48.4 Å². The maximum Gasteiger partial charge on any atom is 0.254 e. The highest BCUT2D eigenvalue weighted by Crippen LogP contribution is 2.27. The minimum absolute atomic E-state index is 0.0287. The lowest BCUT2D eigenvalue weighted by Gasteiger charge is -2.43. The molecule has 7 heteroatoms. The van der Waals surface area contributed by atoms with E-state index in [9.17, 15) is 14.7 Å². The monoisotopic (exact) mass is 526 g/mol. The van der Waals surface area contributed by atoms with Gasteiger partial charge in [-0.1, -0.05) is 60.7 Å². The molecule has 0 radical (unpaired) electrons. The van der Waals surface area contributed by atoms with E-state index in [-0.39, 0.29) is 18.4 Å². The number of nitrogens with zero attached hydrogens (tertiary/aromatic N) is 4. The maximum atomic E-state index is 13.7. The third-order valence-corrected chi connectivity index (χ3v) is 8.06. The molecule has 1 N–H and O–H groups in total. The molecule has 0 saturated carbocycles. The largest absolute Gasteiger partial charge is 0.395 e. The van der Waals surface area contributed by atoms with E-state index in [1.54, 1.807) is 13.8 Å². The van der Waals surface area contributed by atoms with Gasteiger partial charge in [-0.2, -0.15) is 0 Å². The van der Waals surface area contributed by atoms with Crippen LogP contribution in [0.5, 0.6) is 0 Å². The highest BCUT2D eigenvalue weighted by molar-refractivity contribution is 5.96. The van der Waals surface area contributed by atoms with Crippen molar-refractivity contribution in [2.75, 3.05) is 45.9 Å². The second-order valence-electron chi connectivity index (χ2n) is 11.3. The zero-order valence-corrected chi connectivity index (χ0v) is 22.9. The number of piperidine rings is 1. The predicted molar refractivity (Wildman–Crippen MR) is 153 cm³/mol. The van der Waals surface area contributed by atoms with Gasteiger partial charge in [0, 0.05) is 62.0 Å². The van der Waals surface area contributed by atoms with Crippen LogP contribution in [0.25, 0.3) is 22.5 Å². The highest BCUT2D eigenvalue weighted by Gasteiger charge is 2.35. The molecule has 2 amide bonds. The van der Waals surface area contributed by atoms with E-state index in [2.05, 4.69) is 4.90 Å². The summed E-state index contributed by atoms with van der Waals surface area (Å²) < 4.78 is 0. The number of carbonyl (C=O) groups is 2. The van der Waals surface area contributed by atoms with Crippen LogP contribution in [0.3, 0.4) is 0 Å². The predicted octanol–water partition coefficient (Wildman–Crippen LogP) is 4.18. The first-order valence-corrected chi connectivity index (χ1v) is 13.9. The SMILES string of the molecule is CC(C)(CO)C(=O)N1CCC(N2CCN(C(=O)c3cc(-c4ccccc4)nc(-c4ccccc4)c3)CC2)CC1. The summed E-state index contributed by atoms with van der Waals surface area (Å²) in [5.74, 6) is 0.0685. The van der Waals surface area contributed by atoms with E-state index < -0.39 is 5.41 Å². The second-order valence-corrected chi connectivity index (χ2v) is 11.3. The van der Waals surface area contributed by atoms with Gasteiger partial charge in [-0.3, -0.25) is 14.5 Å². The molecule has 0 atom stereocenters. The fraction of sp³-hybridized carbons (Fsp3) is 0.406. The molecule has 2 aliphatic rings. The van der Waals surface area contributed by atoms with Crippen LogP contribution < -0.4 is 0 Å². The van der Waals surface area contributed by atoms with Crippen molar-refractivity contribution >= 4 is 11.8 Å². The van der Waals surface area contributed by atoms with E-state index in [0.29, 0.717) is 37.8 Å². The average molecular weight is 527 g/mol. The second kappa shape index (κ2) is 11.7. The summed E-state index contributed by atoms with van der Waals surface area (Å²) in [5.41, 5.74) is 3.50. The van der Waals surface area contributed by atoms with Crippen molar-refractivity contribution in [2.24, 2.45) is 5.41 Å². The summed E-state index contributed by atoms with van der Waals surface area (Å²) in [4.78, 5) is 37.6. The number of likely N-dealkylation sites (tertiary alicyclic amines) is 1. The van der Waals surface area contributed by atoms with Crippen molar-refractivity contribution in [1.29, 1.82) is 0 Å². The molecule has 0 bridgehead atoms. The number of piperazine rings is 1. The molecule has 2 fully saturated rings. The molecule has 0 spiro atoms. The zero-order valence-electron chi connectivity index (χ0n) is 22.9. The van der Waals surface area contributed by atoms with Crippen LogP contribution in [0.15, 0.2) is 72.8 Å². The van der Waals surface area contributed by atoms with E-state index in [1.807, 2.05) is 82.6 Å². The van der Waals surface area contributed by atoms with Gasteiger partial charge in [0.25, 0.3) is 5.91 Å². The fourth-order valence-corrected chi connectivity index (χ4v) is 5.57. The van der Waals surface area contributed by atoms with Gasteiger partial charge in [0.1, 0.15) is 0 Å². The summed E-state index contributed by atoms with van der Waals surface area (Å²) in [6.07, 6.45) is 1.85. The molecule has 2 aliphatic heterocycles. The Labute approximate surface area is 231 Å². The number of hydrogen-bond donors (Lipinski definition) is 1. The number of aliphatic hydroxyl groups excluding tert-OH is 1. The lowest BCUT2D eigenvalue weighted by molar-refractivity contribution is -0.144. The normalized spacial score (nSPS) is 17.3. The van der Waals surface area contributed by atoms with E-state index in [4.69, 9.17) is 4.98 Å². The van der Waals surface area contributed by atoms with E-state index >= 15 is 0 Å². The lowest BCUT2D eigenvalue weighted by atomic mass is 9.91. The number of carbonyl (C=O) groups excluding carboxylic acids is 2. The summed E-state index contributed by atoms with van der Waals surface area (Å²) in [6, 6.07) is 24.2. The molecule has 5 rings (SSSR count). The van der Waals surface area contributed by atoms with Crippen molar-refractivity contribution in [3.05, 3.63) is 78.4 Å². The molecule has 7 nitrogen and oxygen atoms in total. The average Bonchev–Trinajstić information content (AvgIpc) is 3.01. The molecule has 1 aromatic heterocycles. The van der Waals surface area contributed by atoms with Gasteiger partial charge in [-0.25, -0.2) is 4.98 Å². The number of pyridine rings is 1. The van der Waals surface area contributed by atoms with Crippen molar-refractivity contribution in [2.45, 2.75) is 32.7 Å². The molecular weight excluding hydrogens is 488 g/mol. The van der Waals surface area contributed by atoms with Crippen LogP contribution in [0.2, 0.25) is 0 Å². The Balaban J connectivity index is 1.25. The summed E-state index contributed by atoms with van der Waals surface area (Å²) in [6.45, 7) is 7.90. The Hall–Kier alpha value is -3.55.